The lowest BCUT2D eigenvalue weighted by molar-refractivity contribution is 0.0521. The van der Waals surface area contributed by atoms with Crippen LogP contribution < -0.4 is 10.6 Å². The highest BCUT2D eigenvalue weighted by Crippen LogP contribution is 2.25. The fraction of sp³-hybridized carbons (Fsp3) is 0.611. The number of ether oxygens (including phenoxy) is 1. The number of alkyl carbamates (subject to hydrolysis) is 1. The summed E-state index contributed by atoms with van der Waals surface area (Å²) in [5, 5.41) is 16.2. The number of amides is 1. The summed E-state index contributed by atoms with van der Waals surface area (Å²) >= 11 is 0. The van der Waals surface area contributed by atoms with E-state index < -0.39 is 11.7 Å². The number of aromatic hydroxyl groups is 1. The zero-order valence-corrected chi connectivity index (χ0v) is 15.1. The quantitative estimate of drug-likeness (QED) is 0.747. The highest BCUT2D eigenvalue weighted by molar-refractivity contribution is 5.67. The number of hydrogen-bond donors (Lipinski definition) is 3. The first-order chi connectivity index (χ1) is 10.6. The highest BCUT2D eigenvalue weighted by Gasteiger charge is 2.19. The molecule has 3 N–H and O–H groups in total. The Balaban J connectivity index is 2.59. The first-order valence-electron chi connectivity index (χ1n) is 8.14. The molecule has 1 aromatic rings. The van der Waals surface area contributed by atoms with Gasteiger partial charge in [-0.05, 0) is 47.1 Å². The van der Waals surface area contributed by atoms with Crippen LogP contribution in [0.25, 0.3) is 0 Å². The van der Waals surface area contributed by atoms with Crippen LogP contribution in [0.2, 0.25) is 0 Å². The maximum Gasteiger partial charge on any atom is 0.407 e. The van der Waals surface area contributed by atoms with Gasteiger partial charge < -0.3 is 20.5 Å². The minimum absolute atomic E-state index is 0.0136. The van der Waals surface area contributed by atoms with E-state index in [2.05, 4.69) is 17.6 Å². The van der Waals surface area contributed by atoms with Crippen molar-refractivity contribution in [2.24, 2.45) is 0 Å². The largest absolute Gasteiger partial charge is 0.508 e. The molecule has 0 aliphatic carbocycles. The van der Waals surface area contributed by atoms with Crippen molar-refractivity contribution in [2.45, 2.75) is 65.6 Å². The van der Waals surface area contributed by atoms with E-state index in [0.717, 1.165) is 17.5 Å². The first-order valence-corrected chi connectivity index (χ1v) is 8.14. The molecule has 1 amide bonds. The molecule has 0 fully saturated rings. The van der Waals surface area contributed by atoms with Crippen molar-refractivity contribution in [2.75, 3.05) is 6.54 Å². The number of nitrogens with one attached hydrogen (secondary N) is 2. The zero-order chi connectivity index (χ0) is 17.6. The van der Waals surface area contributed by atoms with Gasteiger partial charge in [-0.1, -0.05) is 24.6 Å². The van der Waals surface area contributed by atoms with Crippen LogP contribution in [0.1, 0.15) is 58.2 Å². The fourth-order valence-corrected chi connectivity index (χ4v) is 2.31. The molecule has 1 aromatic carbocycles. The second-order valence-corrected chi connectivity index (χ2v) is 6.94. The van der Waals surface area contributed by atoms with E-state index in [1.807, 2.05) is 46.8 Å². The van der Waals surface area contributed by atoms with Crippen LogP contribution in [0.15, 0.2) is 18.2 Å². The molecule has 1 rings (SSSR count). The summed E-state index contributed by atoms with van der Waals surface area (Å²) < 4.78 is 5.24. The minimum atomic E-state index is -0.500. The molecule has 0 aliphatic rings. The summed E-state index contributed by atoms with van der Waals surface area (Å²) in [7, 11) is 0. The average molecular weight is 322 g/mol. The van der Waals surface area contributed by atoms with E-state index >= 15 is 0 Å². The fourth-order valence-electron chi connectivity index (χ4n) is 2.31. The third-order valence-electron chi connectivity index (χ3n) is 3.52. The number of benzene rings is 1. The predicted molar refractivity (Wildman–Crippen MR) is 92.7 cm³/mol. The Morgan fingerprint density at radius 2 is 2.00 bits per heavy atom. The highest BCUT2D eigenvalue weighted by atomic mass is 16.6. The van der Waals surface area contributed by atoms with E-state index in [1.54, 1.807) is 6.07 Å². The Kier molecular flexibility index (Phi) is 6.88. The lowest BCUT2D eigenvalue weighted by atomic mass is 10.0. The lowest BCUT2D eigenvalue weighted by Crippen LogP contribution is -2.43. The van der Waals surface area contributed by atoms with Gasteiger partial charge in [0.2, 0.25) is 0 Å². The molecule has 2 unspecified atom stereocenters. The summed E-state index contributed by atoms with van der Waals surface area (Å²) in [6.07, 6.45) is 0.441. The summed E-state index contributed by atoms with van der Waals surface area (Å²) in [4.78, 5) is 11.7. The van der Waals surface area contributed by atoms with E-state index in [9.17, 15) is 9.90 Å². The maximum absolute atomic E-state index is 11.7. The van der Waals surface area contributed by atoms with Gasteiger partial charge in [-0.15, -0.1) is 0 Å². The molecule has 0 radical (unpaired) electrons. The number of carbonyl (C=O) groups excluding carboxylic acids is 1. The van der Waals surface area contributed by atoms with Crippen LogP contribution in [0.5, 0.6) is 5.75 Å². The Morgan fingerprint density at radius 1 is 1.35 bits per heavy atom. The van der Waals surface area contributed by atoms with Crippen molar-refractivity contribution in [1.29, 1.82) is 0 Å². The molecule has 0 aliphatic heterocycles. The number of phenolic OH excluding ortho intramolecular Hbond substituents is 1. The molecule has 0 saturated carbocycles. The van der Waals surface area contributed by atoms with Crippen molar-refractivity contribution in [3.05, 3.63) is 29.3 Å². The van der Waals surface area contributed by atoms with E-state index in [4.69, 9.17) is 4.74 Å². The summed E-state index contributed by atoms with van der Waals surface area (Å²) in [5.74, 6) is 0.283. The van der Waals surface area contributed by atoms with Gasteiger partial charge in [0.1, 0.15) is 11.4 Å². The number of rotatable bonds is 6. The number of hydrogen-bond acceptors (Lipinski definition) is 4. The van der Waals surface area contributed by atoms with Gasteiger partial charge in [0.25, 0.3) is 0 Å². The van der Waals surface area contributed by atoms with Crippen molar-refractivity contribution < 1.29 is 14.6 Å². The molecule has 0 heterocycles. The van der Waals surface area contributed by atoms with Gasteiger partial charge in [0.15, 0.2) is 0 Å². The van der Waals surface area contributed by atoms with Crippen LogP contribution in [-0.2, 0) is 4.74 Å². The van der Waals surface area contributed by atoms with Gasteiger partial charge in [-0.2, -0.15) is 0 Å². The molecule has 5 heteroatoms. The van der Waals surface area contributed by atoms with Gasteiger partial charge in [-0.3, -0.25) is 0 Å². The summed E-state index contributed by atoms with van der Waals surface area (Å²) in [6.45, 7) is 12.0. The topological polar surface area (TPSA) is 70.6 Å². The van der Waals surface area contributed by atoms with Crippen molar-refractivity contribution in [1.82, 2.24) is 10.6 Å². The molecule has 0 saturated heterocycles. The lowest BCUT2D eigenvalue weighted by Gasteiger charge is -2.25. The summed E-state index contributed by atoms with van der Waals surface area (Å²) in [5.41, 5.74) is 1.46. The van der Waals surface area contributed by atoms with Crippen molar-refractivity contribution >= 4 is 6.09 Å². The van der Waals surface area contributed by atoms with Crippen molar-refractivity contribution in [3.8, 4) is 5.75 Å². The smallest absolute Gasteiger partial charge is 0.407 e. The van der Waals surface area contributed by atoms with Crippen LogP contribution in [0, 0.1) is 6.92 Å². The molecule has 130 valence electrons. The standard InChI is InChI=1S/C18H30N2O3/c1-7-14(11-19-17(22)23-18(4,5)6)20-13(3)15-10-12(2)8-9-16(15)21/h8-10,13-14,20-21H,7,11H2,1-6H3,(H,19,22). The Hall–Kier alpha value is -1.75. The molecule has 0 aromatic heterocycles. The number of aryl methyl sites for hydroxylation is 1. The SMILES string of the molecule is CCC(CNC(=O)OC(C)(C)C)NC(C)c1cc(C)ccc1O. The van der Waals surface area contributed by atoms with Gasteiger partial charge >= 0.3 is 6.09 Å². The molecular formula is C18H30N2O3. The van der Waals surface area contributed by atoms with E-state index in [1.165, 1.54) is 0 Å². The van der Waals surface area contributed by atoms with Gasteiger partial charge in [0, 0.05) is 24.2 Å². The monoisotopic (exact) mass is 322 g/mol. The van der Waals surface area contributed by atoms with Crippen LogP contribution in [0.4, 0.5) is 4.79 Å². The Labute approximate surface area is 139 Å². The van der Waals surface area contributed by atoms with Crippen molar-refractivity contribution in [3.63, 3.8) is 0 Å². The third kappa shape index (κ3) is 6.91. The maximum atomic E-state index is 11.7. The second-order valence-electron chi connectivity index (χ2n) is 6.94. The molecule has 5 nitrogen and oxygen atoms in total. The molecular weight excluding hydrogens is 292 g/mol. The first kappa shape index (κ1) is 19.3. The predicted octanol–water partition coefficient (Wildman–Crippen LogP) is 3.65. The summed E-state index contributed by atoms with van der Waals surface area (Å²) in [6, 6.07) is 5.65. The molecule has 0 spiro atoms. The Morgan fingerprint density at radius 3 is 2.57 bits per heavy atom. The molecule has 2 atom stereocenters. The van der Waals surface area contributed by atoms with E-state index in [0.29, 0.717) is 6.54 Å². The average Bonchev–Trinajstić information content (AvgIpc) is 2.43. The third-order valence-corrected chi connectivity index (χ3v) is 3.52. The Bertz CT molecular complexity index is 523. The second kappa shape index (κ2) is 8.20. The molecule has 23 heavy (non-hydrogen) atoms. The number of carbonyl (C=O) groups is 1. The van der Waals surface area contributed by atoms with Crippen LogP contribution >= 0.6 is 0 Å². The van der Waals surface area contributed by atoms with Crippen LogP contribution in [-0.4, -0.2) is 29.4 Å². The van der Waals surface area contributed by atoms with E-state index in [-0.39, 0.29) is 17.8 Å². The minimum Gasteiger partial charge on any atom is -0.508 e. The zero-order valence-electron chi connectivity index (χ0n) is 15.1. The van der Waals surface area contributed by atoms with Gasteiger partial charge in [0.05, 0.1) is 0 Å². The molecule has 0 bridgehead atoms. The van der Waals surface area contributed by atoms with Gasteiger partial charge in [-0.25, -0.2) is 4.79 Å². The van der Waals surface area contributed by atoms with Crippen LogP contribution in [0.3, 0.4) is 0 Å². The normalized spacial score (nSPS) is 14.2. The number of phenols is 1.